The number of hydrogen-bond donors (Lipinski definition) is 2. The average molecular weight is 314 g/mol. The minimum Gasteiger partial charge on any atom is -0.496 e. The molecule has 1 aromatic carbocycles. The van der Waals surface area contributed by atoms with E-state index in [0.717, 1.165) is 18.4 Å². The highest BCUT2D eigenvalue weighted by Gasteiger charge is 2.31. The van der Waals surface area contributed by atoms with Gasteiger partial charge in [-0.15, -0.1) is 0 Å². The van der Waals surface area contributed by atoms with Gasteiger partial charge in [0.05, 0.1) is 13.7 Å². The van der Waals surface area contributed by atoms with Crippen molar-refractivity contribution in [1.29, 1.82) is 0 Å². The van der Waals surface area contributed by atoms with Crippen molar-refractivity contribution in [2.45, 2.75) is 31.8 Å². The van der Waals surface area contributed by atoms with E-state index in [4.69, 9.17) is 4.74 Å². The lowest BCUT2D eigenvalue weighted by molar-refractivity contribution is 0.154. The molecule has 0 aliphatic carbocycles. The van der Waals surface area contributed by atoms with E-state index in [1.165, 1.54) is 4.31 Å². The van der Waals surface area contributed by atoms with Crippen molar-refractivity contribution in [2.75, 3.05) is 20.3 Å². The molecule has 0 spiro atoms. The van der Waals surface area contributed by atoms with Crippen LogP contribution in [0.15, 0.2) is 24.3 Å². The van der Waals surface area contributed by atoms with Crippen LogP contribution in [0, 0.1) is 0 Å². The van der Waals surface area contributed by atoms with Crippen LogP contribution in [0.4, 0.5) is 0 Å². The average Bonchev–Trinajstić information content (AvgIpc) is 2.53. The van der Waals surface area contributed by atoms with Gasteiger partial charge in [-0.3, -0.25) is 0 Å². The van der Waals surface area contributed by atoms with Crippen molar-refractivity contribution in [1.82, 2.24) is 9.03 Å². The highest BCUT2D eigenvalue weighted by atomic mass is 32.2. The van der Waals surface area contributed by atoms with Crippen LogP contribution in [0.2, 0.25) is 0 Å². The molecule has 7 heteroatoms. The monoisotopic (exact) mass is 314 g/mol. The summed E-state index contributed by atoms with van der Waals surface area (Å²) in [6.45, 7) is 0.475. The van der Waals surface area contributed by atoms with Crippen molar-refractivity contribution in [2.24, 2.45) is 0 Å². The Labute approximate surface area is 125 Å². The van der Waals surface area contributed by atoms with Gasteiger partial charge >= 0.3 is 0 Å². The van der Waals surface area contributed by atoms with Crippen molar-refractivity contribution >= 4 is 10.2 Å². The molecule has 1 fully saturated rings. The van der Waals surface area contributed by atoms with E-state index in [-0.39, 0.29) is 19.2 Å². The Morgan fingerprint density at radius 3 is 2.86 bits per heavy atom. The maximum atomic E-state index is 12.4. The molecular weight excluding hydrogens is 292 g/mol. The molecule has 1 aromatic rings. The smallest absolute Gasteiger partial charge is 0.280 e. The van der Waals surface area contributed by atoms with Crippen LogP contribution < -0.4 is 9.46 Å². The lowest BCUT2D eigenvalue weighted by Crippen LogP contribution is -2.50. The van der Waals surface area contributed by atoms with Crippen LogP contribution in [-0.4, -0.2) is 44.1 Å². The predicted octanol–water partition coefficient (Wildman–Crippen LogP) is 0.876. The van der Waals surface area contributed by atoms with E-state index in [9.17, 15) is 13.5 Å². The summed E-state index contributed by atoms with van der Waals surface area (Å²) in [4.78, 5) is 0. The normalized spacial score (nSPS) is 20.4. The summed E-state index contributed by atoms with van der Waals surface area (Å²) in [6, 6.07) is 6.96. The Kier molecular flexibility index (Phi) is 5.58. The van der Waals surface area contributed by atoms with E-state index in [2.05, 4.69) is 4.72 Å². The molecule has 1 atom stereocenters. The number of ether oxygens (including phenoxy) is 1. The number of benzene rings is 1. The number of nitrogens with one attached hydrogen (secondary N) is 1. The van der Waals surface area contributed by atoms with Gasteiger partial charge in [-0.2, -0.15) is 17.4 Å². The van der Waals surface area contributed by atoms with Crippen LogP contribution in [-0.2, 0) is 16.8 Å². The summed E-state index contributed by atoms with van der Waals surface area (Å²) in [5.41, 5.74) is 0.779. The largest absolute Gasteiger partial charge is 0.496 e. The van der Waals surface area contributed by atoms with Gasteiger partial charge in [0, 0.05) is 24.7 Å². The Hall–Kier alpha value is -1.15. The molecule has 1 heterocycles. The molecule has 1 aliphatic heterocycles. The summed E-state index contributed by atoms with van der Waals surface area (Å²) < 4.78 is 33.9. The number of aliphatic hydroxyl groups excluding tert-OH is 1. The van der Waals surface area contributed by atoms with Crippen LogP contribution in [0.1, 0.15) is 24.8 Å². The van der Waals surface area contributed by atoms with Crippen LogP contribution >= 0.6 is 0 Å². The zero-order chi connectivity index (χ0) is 15.3. The quantitative estimate of drug-likeness (QED) is 0.817. The first kappa shape index (κ1) is 16.2. The van der Waals surface area contributed by atoms with E-state index in [1.54, 1.807) is 13.2 Å². The molecule has 2 rings (SSSR count). The zero-order valence-corrected chi connectivity index (χ0v) is 13.0. The first-order valence-corrected chi connectivity index (χ1v) is 8.51. The molecule has 0 saturated carbocycles. The highest BCUT2D eigenvalue weighted by molar-refractivity contribution is 7.87. The summed E-state index contributed by atoms with van der Waals surface area (Å²) in [7, 11) is -2.04. The Morgan fingerprint density at radius 1 is 1.38 bits per heavy atom. The maximum absolute atomic E-state index is 12.4. The fourth-order valence-corrected chi connectivity index (χ4v) is 4.01. The third-order valence-corrected chi connectivity index (χ3v) is 5.34. The number of nitrogens with zero attached hydrogens (tertiary/aromatic N) is 1. The Morgan fingerprint density at radius 2 is 2.14 bits per heavy atom. The third-order valence-electron chi connectivity index (χ3n) is 3.73. The van der Waals surface area contributed by atoms with Crippen LogP contribution in [0.3, 0.4) is 0 Å². The number of rotatable bonds is 6. The molecule has 1 saturated heterocycles. The SMILES string of the molecule is COc1ccccc1CNS(=O)(=O)N1CCCCC1CO. The van der Waals surface area contributed by atoms with Gasteiger partial charge in [0.15, 0.2) is 0 Å². The number of piperidine rings is 1. The molecule has 2 N–H and O–H groups in total. The van der Waals surface area contributed by atoms with Crippen molar-refractivity contribution in [3.8, 4) is 5.75 Å². The second-order valence-corrected chi connectivity index (χ2v) is 6.79. The fourth-order valence-electron chi connectivity index (χ4n) is 2.57. The molecule has 118 valence electrons. The Bertz CT molecular complexity index is 562. The minimum absolute atomic E-state index is 0.143. The van der Waals surface area contributed by atoms with Crippen LogP contribution in [0.5, 0.6) is 5.75 Å². The van der Waals surface area contributed by atoms with E-state index in [0.29, 0.717) is 18.7 Å². The number of hydrogen-bond acceptors (Lipinski definition) is 4. The van der Waals surface area contributed by atoms with E-state index < -0.39 is 10.2 Å². The van der Waals surface area contributed by atoms with Crippen LogP contribution in [0.25, 0.3) is 0 Å². The second-order valence-electron chi connectivity index (χ2n) is 5.08. The molecule has 1 aliphatic rings. The molecular formula is C14H22N2O4S. The first-order chi connectivity index (χ1) is 10.1. The lowest BCUT2D eigenvalue weighted by Gasteiger charge is -2.33. The molecule has 21 heavy (non-hydrogen) atoms. The second kappa shape index (κ2) is 7.22. The summed E-state index contributed by atoms with van der Waals surface area (Å²) in [6.07, 6.45) is 2.47. The van der Waals surface area contributed by atoms with Gasteiger partial charge in [-0.05, 0) is 18.9 Å². The van der Waals surface area contributed by atoms with Gasteiger partial charge < -0.3 is 9.84 Å². The summed E-state index contributed by atoms with van der Waals surface area (Å²) in [5, 5.41) is 9.34. The number of para-hydroxylation sites is 1. The topological polar surface area (TPSA) is 78.9 Å². The fraction of sp³-hybridized carbons (Fsp3) is 0.571. The minimum atomic E-state index is -3.60. The molecule has 0 bridgehead atoms. The van der Waals surface area contributed by atoms with Gasteiger partial charge in [-0.25, -0.2) is 0 Å². The standard InChI is InChI=1S/C14H22N2O4S/c1-20-14-8-3-2-6-12(14)10-15-21(18,19)16-9-5-4-7-13(16)11-17/h2-3,6,8,13,15,17H,4-5,7,9-11H2,1H3. The first-order valence-electron chi connectivity index (χ1n) is 7.07. The molecule has 0 radical (unpaired) electrons. The van der Waals surface area contributed by atoms with Crippen molar-refractivity contribution in [3.63, 3.8) is 0 Å². The van der Waals surface area contributed by atoms with Gasteiger partial charge in [0.2, 0.25) is 0 Å². The third kappa shape index (κ3) is 3.94. The Balaban J connectivity index is 2.07. The summed E-state index contributed by atoms with van der Waals surface area (Å²) >= 11 is 0. The van der Waals surface area contributed by atoms with Crippen molar-refractivity contribution < 1.29 is 18.3 Å². The van der Waals surface area contributed by atoms with E-state index in [1.807, 2.05) is 18.2 Å². The lowest BCUT2D eigenvalue weighted by atomic mass is 10.1. The molecule has 0 aromatic heterocycles. The predicted molar refractivity (Wildman–Crippen MR) is 80.2 cm³/mol. The zero-order valence-electron chi connectivity index (χ0n) is 12.2. The maximum Gasteiger partial charge on any atom is 0.280 e. The summed E-state index contributed by atoms with van der Waals surface area (Å²) in [5.74, 6) is 0.651. The number of methoxy groups -OCH3 is 1. The van der Waals surface area contributed by atoms with Gasteiger partial charge in [0.25, 0.3) is 10.2 Å². The molecule has 1 unspecified atom stereocenters. The molecule has 6 nitrogen and oxygen atoms in total. The van der Waals surface area contributed by atoms with Gasteiger partial charge in [0.1, 0.15) is 5.75 Å². The number of aliphatic hydroxyl groups is 1. The van der Waals surface area contributed by atoms with Gasteiger partial charge in [-0.1, -0.05) is 24.6 Å². The highest BCUT2D eigenvalue weighted by Crippen LogP contribution is 2.21. The molecule has 0 amide bonds. The van der Waals surface area contributed by atoms with E-state index >= 15 is 0 Å². The van der Waals surface area contributed by atoms with Crippen molar-refractivity contribution in [3.05, 3.63) is 29.8 Å².